The summed E-state index contributed by atoms with van der Waals surface area (Å²) in [6, 6.07) is 1.66. The van der Waals surface area contributed by atoms with Gasteiger partial charge in [-0.3, -0.25) is 9.78 Å². The number of ketones is 1. The molecule has 1 aromatic rings. The SMILES string of the molecule is COc1ccnc(C(=O)CN)c1Br. The molecule has 0 saturated carbocycles. The first-order valence-electron chi connectivity index (χ1n) is 3.62. The summed E-state index contributed by atoms with van der Waals surface area (Å²) in [4.78, 5) is 15.1. The molecule has 0 spiro atoms. The molecule has 0 bridgehead atoms. The third-order valence-corrected chi connectivity index (χ3v) is 2.29. The summed E-state index contributed by atoms with van der Waals surface area (Å²) in [6.07, 6.45) is 1.51. The van der Waals surface area contributed by atoms with Gasteiger partial charge in [0.05, 0.1) is 18.1 Å². The standard InChI is InChI=1S/C8H9BrN2O2/c1-13-6-2-3-11-8(7(6)9)5(12)4-10/h2-3H,4,10H2,1H3. The fourth-order valence-corrected chi connectivity index (χ4v) is 1.49. The molecule has 0 atom stereocenters. The summed E-state index contributed by atoms with van der Waals surface area (Å²) >= 11 is 3.22. The number of hydrogen-bond donors (Lipinski definition) is 1. The molecule has 4 nitrogen and oxygen atoms in total. The third kappa shape index (κ3) is 2.05. The Kier molecular flexibility index (Phi) is 3.39. The predicted octanol–water partition coefficient (Wildman–Crippen LogP) is 0.994. The van der Waals surface area contributed by atoms with E-state index in [0.717, 1.165) is 0 Å². The van der Waals surface area contributed by atoms with E-state index in [4.69, 9.17) is 10.5 Å². The van der Waals surface area contributed by atoms with Crippen LogP contribution in [0.5, 0.6) is 5.75 Å². The van der Waals surface area contributed by atoms with Gasteiger partial charge in [-0.05, 0) is 22.0 Å². The molecule has 2 N–H and O–H groups in total. The van der Waals surface area contributed by atoms with E-state index in [1.807, 2.05) is 0 Å². The summed E-state index contributed by atoms with van der Waals surface area (Å²) in [5.41, 5.74) is 5.52. The second kappa shape index (κ2) is 4.34. The maximum atomic E-state index is 11.2. The topological polar surface area (TPSA) is 65.2 Å². The summed E-state index contributed by atoms with van der Waals surface area (Å²) in [5, 5.41) is 0. The first-order valence-corrected chi connectivity index (χ1v) is 4.41. The Balaban J connectivity index is 3.15. The van der Waals surface area contributed by atoms with Crippen molar-refractivity contribution in [2.75, 3.05) is 13.7 Å². The summed E-state index contributed by atoms with van der Waals surface area (Å²) in [6.45, 7) is -0.0568. The zero-order valence-corrected chi connectivity index (χ0v) is 8.67. The van der Waals surface area contributed by atoms with E-state index < -0.39 is 0 Å². The number of nitrogens with two attached hydrogens (primary N) is 1. The zero-order chi connectivity index (χ0) is 9.84. The molecule has 1 rings (SSSR count). The van der Waals surface area contributed by atoms with Gasteiger partial charge >= 0.3 is 0 Å². The van der Waals surface area contributed by atoms with E-state index in [1.165, 1.54) is 13.3 Å². The number of pyridine rings is 1. The average molecular weight is 245 g/mol. The normalized spacial score (nSPS) is 9.77. The smallest absolute Gasteiger partial charge is 0.195 e. The van der Waals surface area contributed by atoms with Crippen LogP contribution in [0.25, 0.3) is 0 Å². The molecule has 0 saturated heterocycles. The summed E-state index contributed by atoms with van der Waals surface area (Å²) in [7, 11) is 1.52. The average Bonchev–Trinajstić information content (AvgIpc) is 2.17. The molecular weight excluding hydrogens is 236 g/mol. The lowest BCUT2D eigenvalue weighted by Crippen LogP contribution is -2.15. The molecule has 1 aromatic heterocycles. The lowest BCUT2D eigenvalue weighted by Gasteiger charge is -2.05. The lowest BCUT2D eigenvalue weighted by molar-refractivity contribution is 0.0995. The summed E-state index contributed by atoms with van der Waals surface area (Å²) < 4.78 is 5.55. The van der Waals surface area contributed by atoms with Crippen LogP contribution in [-0.4, -0.2) is 24.4 Å². The Morgan fingerprint density at radius 2 is 2.46 bits per heavy atom. The number of Topliss-reactive ketones (excluding diaryl/α,β-unsaturated/α-hetero) is 1. The number of ether oxygens (including phenoxy) is 1. The molecule has 0 radical (unpaired) electrons. The number of hydrogen-bond acceptors (Lipinski definition) is 4. The molecule has 0 aromatic carbocycles. The molecule has 0 aliphatic rings. The highest BCUT2D eigenvalue weighted by Crippen LogP contribution is 2.26. The van der Waals surface area contributed by atoms with E-state index in [2.05, 4.69) is 20.9 Å². The minimum absolute atomic E-state index is 0.0568. The molecule has 0 aliphatic heterocycles. The first-order chi connectivity index (χ1) is 6.20. The molecule has 0 amide bonds. The van der Waals surface area contributed by atoms with Crippen LogP contribution in [0.1, 0.15) is 10.5 Å². The number of nitrogens with zero attached hydrogens (tertiary/aromatic N) is 1. The van der Waals surface area contributed by atoms with Gasteiger partial charge in [-0.1, -0.05) is 0 Å². The lowest BCUT2D eigenvalue weighted by atomic mass is 10.2. The number of halogens is 1. The highest BCUT2D eigenvalue weighted by molar-refractivity contribution is 9.10. The Bertz CT molecular complexity index is 328. The van der Waals surface area contributed by atoms with E-state index in [0.29, 0.717) is 15.9 Å². The van der Waals surface area contributed by atoms with Crippen molar-refractivity contribution in [2.24, 2.45) is 5.73 Å². The highest BCUT2D eigenvalue weighted by atomic mass is 79.9. The second-order valence-corrected chi connectivity index (χ2v) is 3.10. The van der Waals surface area contributed by atoms with Crippen molar-refractivity contribution < 1.29 is 9.53 Å². The quantitative estimate of drug-likeness (QED) is 0.806. The van der Waals surface area contributed by atoms with Gasteiger partial charge in [0, 0.05) is 6.20 Å². The maximum absolute atomic E-state index is 11.2. The molecule has 0 aliphatic carbocycles. The largest absolute Gasteiger partial charge is 0.495 e. The minimum atomic E-state index is -0.217. The molecule has 0 fully saturated rings. The maximum Gasteiger partial charge on any atom is 0.195 e. The van der Waals surface area contributed by atoms with Crippen molar-refractivity contribution in [3.8, 4) is 5.75 Å². The first kappa shape index (κ1) is 10.1. The van der Waals surface area contributed by atoms with Crippen LogP contribution < -0.4 is 10.5 Å². The molecule has 1 heterocycles. The Labute approximate surface area is 84.2 Å². The van der Waals surface area contributed by atoms with E-state index in [9.17, 15) is 4.79 Å². The van der Waals surface area contributed by atoms with Crippen molar-refractivity contribution in [1.29, 1.82) is 0 Å². The monoisotopic (exact) mass is 244 g/mol. The van der Waals surface area contributed by atoms with E-state index in [1.54, 1.807) is 6.07 Å². The van der Waals surface area contributed by atoms with E-state index in [-0.39, 0.29) is 12.3 Å². The van der Waals surface area contributed by atoms with Crippen LogP contribution in [0.15, 0.2) is 16.7 Å². The number of carbonyl (C=O) groups excluding carboxylic acids is 1. The van der Waals surface area contributed by atoms with Crippen LogP contribution in [-0.2, 0) is 0 Å². The Hall–Kier alpha value is -0.940. The van der Waals surface area contributed by atoms with Gasteiger partial charge in [0.1, 0.15) is 11.4 Å². The Morgan fingerprint density at radius 3 is 3.00 bits per heavy atom. The fraction of sp³-hybridized carbons (Fsp3) is 0.250. The van der Waals surface area contributed by atoms with Gasteiger partial charge in [0.15, 0.2) is 5.78 Å². The van der Waals surface area contributed by atoms with Crippen LogP contribution >= 0.6 is 15.9 Å². The van der Waals surface area contributed by atoms with Crippen molar-refractivity contribution in [1.82, 2.24) is 4.98 Å². The van der Waals surface area contributed by atoms with Gasteiger partial charge in [-0.2, -0.15) is 0 Å². The van der Waals surface area contributed by atoms with Gasteiger partial charge < -0.3 is 10.5 Å². The van der Waals surface area contributed by atoms with Gasteiger partial charge in [0.25, 0.3) is 0 Å². The van der Waals surface area contributed by atoms with Gasteiger partial charge in [-0.15, -0.1) is 0 Å². The molecule has 13 heavy (non-hydrogen) atoms. The number of carbonyl (C=O) groups is 1. The predicted molar refractivity (Wildman–Crippen MR) is 51.9 cm³/mol. The van der Waals surface area contributed by atoms with Crippen LogP contribution in [0.4, 0.5) is 0 Å². The van der Waals surface area contributed by atoms with E-state index >= 15 is 0 Å². The molecule has 0 unspecified atom stereocenters. The second-order valence-electron chi connectivity index (χ2n) is 2.30. The third-order valence-electron chi connectivity index (χ3n) is 1.52. The van der Waals surface area contributed by atoms with Crippen molar-refractivity contribution in [3.63, 3.8) is 0 Å². The number of methoxy groups -OCH3 is 1. The minimum Gasteiger partial charge on any atom is -0.495 e. The van der Waals surface area contributed by atoms with Gasteiger partial charge in [0.2, 0.25) is 0 Å². The Morgan fingerprint density at radius 1 is 1.77 bits per heavy atom. The summed E-state index contributed by atoms with van der Waals surface area (Å²) in [5.74, 6) is 0.359. The zero-order valence-electron chi connectivity index (χ0n) is 7.08. The van der Waals surface area contributed by atoms with Crippen LogP contribution in [0.2, 0.25) is 0 Å². The van der Waals surface area contributed by atoms with Crippen LogP contribution in [0, 0.1) is 0 Å². The molecule has 5 heteroatoms. The number of aromatic nitrogens is 1. The molecule has 70 valence electrons. The van der Waals surface area contributed by atoms with Gasteiger partial charge in [-0.25, -0.2) is 0 Å². The highest BCUT2D eigenvalue weighted by Gasteiger charge is 2.13. The van der Waals surface area contributed by atoms with Crippen molar-refractivity contribution >= 4 is 21.7 Å². The van der Waals surface area contributed by atoms with Crippen molar-refractivity contribution in [2.45, 2.75) is 0 Å². The van der Waals surface area contributed by atoms with Crippen LogP contribution in [0.3, 0.4) is 0 Å². The van der Waals surface area contributed by atoms with Crippen molar-refractivity contribution in [3.05, 3.63) is 22.4 Å². The molecular formula is C8H9BrN2O2. The number of rotatable bonds is 3. The fourth-order valence-electron chi connectivity index (χ4n) is 0.875.